The Kier molecular flexibility index (Phi) is 3.65. The number of carbonyl (C=O) groups is 1. The van der Waals surface area contributed by atoms with Crippen LogP contribution in [0.4, 0.5) is 22.0 Å². The third kappa shape index (κ3) is 5.02. The quantitative estimate of drug-likeness (QED) is 0.555. The van der Waals surface area contributed by atoms with E-state index in [1.54, 1.807) is 0 Å². The van der Waals surface area contributed by atoms with Crippen LogP contribution in [0.15, 0.2) is 0 Å². The van der Waals surface area contributed by atoms with Crippen LogP contribution in [0.2, 0.25) is 0 Å². The molecule has 0 saturated heterocycles. The van der Waals surface area contributed by atoms with Gasteiger partial charge in [-0.2, -0.15) is 22.0 Å². The van der Waals surface area contributed by atoms with Crippen molar-refractivity contribution in [3.05, 3.63) is 0 Å². The van der Waals surface area contributed by atoms with Gasteiger partial charge in [0.25, 0.3) is 0 Å². The summed E-state index contributed by atoms with van der Waals surface area (Å²) in [6, 6.07) is 0. The summed E-state index contributed by atoms with van der Waals surface area (Å²) in [7, 11) is 0.644. The van der Waals surface area contributed by atoms with Gasteiger partial charge in [0, 0.05) is 7.05 Å². The number of halogens is 6. The Hall–Kier alpha value is -0.400. The van der Waals surface area contributed by atoms with Crippen molar-refractivity contribution in [2.75, 3.05) is 13.6 Å². The molecule has 0 aliphatic carbocycles. The van der Waals surface area contributed by atoms with E-state index in [0.717, 1.165) is 0 Å². The second-order valence-electron chi connectivity index (χ2n) is 2.27. The summed E-state index contributed by atoms with van der Waals surface area (Å²) in [4.78, 5) is 6.68. The van der Waals surface area contributed by atoms with Crippen molar-refractivity contribution >= 4 is 21.8 Å². The molecule has 0 rings (SSSR count). The van der Waals surface area contributed by atoms with E-state index in [1.165, 1.54) is 0 Å². The van der Waals surface area contributed by atoms with Gasteiger partial charge in [-0.15, -0.1) is 0 Å². The first-order valence-electron chi connectivity index (χ1n) is 2.93. The number of rotatable bonds is 2. The second kappa shape index (κ2) is 3.77. The lowest BCUT2D eigenvalue weighted by Gasteiger charge is -2.20. The molecular weight excluding hydrogens is 265 g/mol. The molecule has 1 amide bonds. The van der Waals surface area contributed by atoms with Crippen LogP contribution >= 0.6 is 15.9 Å². The highest BCUT2D eigenvalue weighted by Crippen LogP contribution is 2.25. The maximum atomic E-state index is 12.1. The average Bonchev–Trinajstić information content (AvgIpc) is 1.79. The molecule has 0 radical (unpaired) electrons. The summed E-state index contributed by atoms with van der Waals surface area (Å²) in [5, 5.41) is 0. The largest absolute Gasteiger partial charge is 0.471 e. The number of nitrogens with zero attached hydrogens (tertiary/aromatic N) is 1. The molecule has 13 heavy (non-hydrogen) atoms. The molecular formula is C5H5BrF5NO. The van der Waals surface area contributed by atoms with Crippen molar-refractivity contribution in [3.63, 3.8) is 0 Å². The zero-order chi connectivity index (χ0) is 10.9. The summed E-state index contributed by atoms with van der Waals surface area (Å²) < 4.78 is 59.0. The van der Waals surface area contributed by atoms with E-state index in [2.05, 4.69) is 0 Å². The fourth-order valence-electron chi connectivity index (χ4n) is 0.557. The van der Waals surface area contributed by atoms with Crippen LogP contribution < -0.4 is 0 Å². The van der Waals surface area contributed by atoms with E-state index in [-0.39, 0.29) is 4.90 Å². The summed E-state index contributed by atoms with van der Waals surface area (Å²) in [5.74, 6) is -2.30. The highest BCUT2D eigenvalue weighted by Gasteiger charge is 2.43. The van der Waals surface area contributed by atoms with Crippen molar-refractivity contribution < 1.29 is 26.7 Å². The van der Waals surface area contributed by atoms with Gasteiger partial charge in [-0.05, 0) is 15.9 Å². The maximum absolute atomic E-state index is 12.1. The van der Waals surface area contributed by atoms with E-state index in [0.29, 0.717) is 7.05 Å². The lowest BCUT2D eigenvalue weighted by atomic mass is 10.5. The first-order valence-corrected chi connectivity index (χ1v) is 3.72. The molecule has 0 spiro atoms. The van der Waals surface area contributed by atoms with Gasteiger partial charge in [-0.3, -0.25) is 4.79 Å². The molecule has 0 N–H and O–H groups in total. The summed E-state index contributed by atoms with van der Waals surface area (Å²) in [6.07, 6.45) is -5.12. The van der Waals surface area contributed by atoms with E-state index in [1.807, 2.05) is 15.9 Å². The van der Waals surface area contributed by atoms with Gasteiger partial charge in [0.05, 0.1) is 6.54 Å². The molecule has 2 nitrogen and oxygen atoms in total. The van der Waals surface area contributed by atoms with Crippen molar-refractivity contribution in [1.29, 1.82) is 0 Å². The predicted molar refractivity (Wildman–Crippen MR) is 37.6 cm³/mol. The predicted octanol–water partition coefficient (Wildman–Crippen LogP) is 1.99. The molecule has 0 aromatic carbocycles. The van der Waals surface area contributed by atoms with Gasteiger partial charge in [-0.25, -0.2) is 0 Å². The Morgan fingerprint density at radius 3 is 1.92 bits per heavy atom. The fraction of sp³-hybridized carbons (Fsp3) is 0.800. The Bertz CT molecular complexity index is 198. The minimum atomic E-state index is -5.12. The zero-order valence-corrected chi connectivity index (χ0v) is 7.92. The Morgan fingerprint density at radius 1 is 1.31 bits per heavy atom. The molecule has 0 aromatic heterocycles. The molecule has 0 bridgehead atoms. The number of carbonyl (C=O) groups excluding carboxylic acids is 1. The number of amides is 1. The minimum Gasteiger partial charge on any atom is -0.331 e. The minimum absolute atomic E-state index is 0.102. The topological polar surface area (TPSA) is 20.3 Å². The molecule has 0 atom stereocenters. The lowest BCUT2D eigenvalue weighted by Crippen LogP contribution is -2.42. The second-order valence-corrected chi connectivity index (χ2v) is 3.43. The van der Waals surface area contributed by atoms with E-state index >= 15 is 0 Å². The van der Waals surface area contributed by atoms with Gasteiger partial charge in [-0.1, -0.05) is 0 Å². The van der Waals surface area contributed by atoms with Gasteiger partial charge in [0.1, 0.15) is 0 Å². The van der Waals surface area contributed by atoms with E-state index < -0.39 is 23.5 Å². The molecule has 0 heterocycles. The van der Waals surface area contributed by atoms with Crippen LogP contribution in [0.5, 0.6) is 0 Å². The fourth-order valence-corrected chi connectivity index (χ4v) is 0.933. The number of hydrogen-bond donors (Lipinski definition) is 0. The third-order valence-corrected chi connectivity index (χ3v) is 1.26. The van der Waals surface area contributed by atoms with Gasteiger partial charge in [0.2, 0.25) is 0 Å². The Labute approximate surface area is 78.8 Å². The van der Waals surface area contributed by atoms with Crippen molar-refractivity contribution in [3.8, 4) is 0 Å². The summed E-state index contributed by atoms with van der Waals surface area (Å²) in [6.45, 7) is -1.33. The summed E-state index contributed by atoms with van der Waals surface area (Å²) >= 11 is 1.82. The molecule has 0 aliphatic rings. The third-order valence-electron chi connectivity index (χ3n) is 1.01. The Morgan fingerprint density at radius 2 is 1.69 bits per heavy atom. The van der Waals surface area contributed by atoms with Gasteiger partial charge < -0.3 is 4.90 Å². The van der Waals surface area contributed by atoms with E-state index in [9.17, 15) is 26.7 Å². The van der Waals surface area contributed by atoms with Crippen LogP contribution in [-0.4, -0.2) is 35.4 Å². The maximum Gasteiger partial charge on any atom is 0.471 e. The van der Waals surface area contributed by atoms with Crippen LogP contribution in [0.3, 0.4) is 0 Å². The van der Waals surface area contributed by atoms with Crippen molar-refractivity contribution in [2.24, 2.45) is 0 Å². The monoisotopic (exact) mass is 269 g/mol. The van der Waals surface area contributed by atoms with Crippen LogP contribution in [0.25, 0.3) is 0 Å². The number of alkyl halides is 6. The first-order chi connectivity index (χ1) is 5.54. The number of hydrogen-bond acceptors (Lipinski definition) is 1. The molecule has 0 aromatic rings. The van der Waals surface area contributed by atoms with Gasteiger partial charge in [0.15, 0.2) is 0 Å². The molecule has 0 fully saturated rings. The first kappa shape index (κ1) is 12.6. The average molecular weight is 270 g/mol. The molecule has 78 valence electrons. The molecule has 8 heteroatoms. The SMILES string of the molecule is CN(CC(F)(F)Br)C(=O)C(F)(F)F. The zero-order valence-electron chi connectivity index (χ0n) is 6.33. The van der Waals surface area contributed by atoms with Crippen molar-refractivity contribution in [2.45, 2.75) is 11.0 Å². The van der Waals surface area contributed by atoms with Gasteiger partial charge >= 0.3 is 16.9 Å². The van der Waals surface area contributed by atoms with Crippen LogP contribution in [0, 0.1) is 0 Å². The standard InChI is InChI=1S/C5H5BrF5NO/c1-12(2-4(6,7)8)3(13)5(9,10)11/h2H2,1H3. The summed E-state index contributed by atoms with van der Waals surface area (Å²) in [5.41, 5.74) is 0. The molecule has 0 saturated carbocycles. The highest BCUT2D eigenvalue weighted by atomic mass is 79.9. The molecule has 0 aliphatic heterocycles. The van der Waals surface area contributed by atoms with Crippen molar-refractivity contribution in [1.82, 2.24) is 4.90 Å². The molecule has 0 unspecified atom stereocenters. The highest BCUT2D eigenvalue weighted by molar-refractivity contribution is 9.10. The lowest BCUT2D eigenvalue weighted by molar-refractivity contribution is -0.185. The Balaban J connectivity index is 4.30. The van der Waals surface area contributed by atoms with Crippen LogP contribution in [0.1, 0.15) is 0 Å². The normalized spacial score (nSPS) is 12.8. The van der Waals surface area contributed by atoms with E-state index in [4.69, 9.17) is 0 Å². The smallest absolute Gasteiger partial charge is 0.331 e. The van der Waals surface area contributed by atoms with Crippen LogP contribution in [-0.2, 0) is 4.79 Å².